The zero-order chi connectivity index (χ0) is 11.4. The van der Waals surface area contributed by atoms with Gasteiger partial charge in [0.25, 0.3) is 0 Å². The van der Waals surface area contributed by atoms with Crippen LogP contribution in [0.5, 0.6) is 0 Å². The van der Waals surface area contributed by atoms with Crippen molar-refractivity contribution in [2.24, 2.45) is 0 Å². The van der Waals surface area contributed by atoms with Gasteiger partial charge < -0.3 is 0 Å². The second kappa shape index (κ2) is 15.3. The Morgan fingerprint density at radius 2 is 1.40 bits per heavy atom. The fourth-order valence-corrected chi connectivity index (χ4v) is 0.838. The largest absolute Gasteiger partial charge is 0.119 e. The molecular formula is C15H26. The molecule has 1 rings (SSSR count). The lowest BCUT2D eigenvalue weighted by Crippen LogP contribution is -1.86. The van der Waals surface area contributed by atoms with Crippen molar-refractivity contribution in [1.82, 2.24) is 0 Å². The van der Waals surface area contributed by atoms with Crippen LogP contribution in [0.2, 0.25) is 0 Å². The highest BCUT2D eigenvalue weighted by molar-refractivity contribution is 5.24. The molecule has 0 saturated carbocycles. The smallest absolute Gasteiger partial charge is 0.0421 e. The van der Waals surface area contributed by atoms with E-state index >= 15 is 0 Å². The Morgan fingerprint density at radius 3 is 1.73 bits per heavy atom. The van der Waals surface area contributed by atoms with E-state index in [1.54, 1.807) is 0 Å². The van der Waals surface area contributed by atoms with Gasteiger partial charge in [-0.15, -0.1) is 6.42 Å². The van der Waals surface area contributed by atoms with Crippen LogP contribution in [-0.4, -0.2) is 0 Å². The van der Waals surface area contributed by atoms with Gasteiger partial charge in [-0.25, -0.2) is 0 Å². The van der Waals surface area contributed by atoms with Crippen molar-refractivity contribution in [2.45, 2.75) is 48.0 Å². The average molecular weight is 206 g/mol. The van der Waals surface area contributed by atoms with Crippen molar-refractivity contribution >= 4 is 0 Å². The number of hydrogen-bond acceptors (Lipinski definition) is 0. The predicted molar refractivity (Wildman–Crippen MR) is 73.1 cm³/mol. The summed E-state index contributed by atoms with van der Waals surface area (Å²) in [5.41, 5.74) is 1.21. The van der Waals surface area contributed by atoms with Crippen molar-refractivity contribution in [3.8, 4) is 12.3 Å². The van der Waals surface area contributed by atoms with E-state index in [0.29, 0.717) is 0 Å². The predicted octanol–water partition coefficient (Wildman–Crippen LogP) is 5.11. The summed E-state index contributed by atoms with van der Waals surface area (Å²) in [7, 11) is 0. The van der Waals surface area contributed by atoms with E-state index in [2.05, 4.69) is 5.92 Å². The monoisotopic (exact) mass is 206 g/mol. The number of terminal acetylenes is 1. The second-order valence-electron chi connectivity index (χ2n) is 2.30. The minimum absolute atomic E-state index is 0. The summed E-state index contributed by atoms with van der Waals surface area (Å²) in [6.45, 7) is 10.0. The average Bonchev–Trinajstić information content (AvgIpc) is 2.34. The molecule has 0 heterocycles. The van der Waals surface area contributed by atoms with Crippen LogP contribution in [-0.2, 0) is 0 Å². The molecule has 86 valence electrons. The third kappa shape index (κ3) is 9.09. The van der Waals surface area contributed by atoms with Crippen LogP contribution in [0, 0.1) is 12.3 Å². The van der Waals surface area contributed by atoms with Gasteiger partial charge in [0.1, 0.15) is 0 Å². The molecule has 0 bridgehead atoms. The third-order valence-corrected chi connectivity index (χ3v) is 1.55. The normalized spacial score (nSPS) is 8.80. The molecule has 0 nitrogen and oxygen atoms in total. The maximum Gasteiger partial charge on any atom is 0.0421 e. The molecule has 0 amide bonds. The molecular weight excluding hydrogens is 180 g/mol. The molecule has 0 aliphatic carbocycles. The van der Waals surface area contributed by atoms with Gasteiger partial charge in [-0.05, 0) is 12.5 Å². The van der Waals surface area contributed by atoms with Crippen LogP contribution >= 0.6 is 0 Å². The Hall–Kier alpha value is -1.22. The topological polar surface area (TPSA) is 0 Å². The molecule has 1 aromatic carbocycles. The summed E-state index contributed by atoms with van der Waals surface area (Å²) in [5, 5.41) is 0. The van der Waals surface area contributed by atoms with E-state index in [1.807, 2.05) is 65.0 Å². The third-order valence-electron chi connectivity index (χ3n) is 1.55. The first kappa shape index (κ1) is 19.4. The molecule has 0 saturated heterocycles. The summed E-state index contributed by atoms with van der Waals surface area (Å²) < 4.78 is 0. The molecule has 0 aliphatic rings. The van der Waals surface area contributed by atoms with Crippen LogP contribution in [0.1, 0.15) is 53.5 Å². The van der Waals surface area contributed by atoms with Gasteiger partial charge >= 0.3 is 0 Å². The van der Waals surface area contributed by atoms with Gasteiger partial charge in [0.2, 0.25) is 0 Å². The molecule has 0 spiro atoms. The summed E-state index contributed by atoms with van der Waals surface area (Å²) in [5.74, 6) is 2.92. The fraction of sp³-hybridized carbons (Fsp3) is 0.467. The van der Waals surface area contributed by atoms with Gasteiger partial charge in [-0.2, -0.15) is 0 Å². The van der Waals surface area contributed by atoms with E-state index in [9.17, 15) is 0 Å². The highest BCUT2D eigenvalue weighted by Gasteiger charge is 1.96. The number of benzene rings is 1. The Kier molecular flexibility index (Phi) is 19.7. The zero-order valence-corrected chi connectivity index (χ0v) is 10.0. The Balaban J connectivity index is -0.000000258. The maximum absolute atomic E-state index is 5.25. The minimum atomic E-state index is 0. The Morgan fingerprint density at radius 1 is 1.00 bits per heavy atom. The van der Waals surface area contributed by atoms with Gasteiger partial charge in [0.05, 0.1) is 0 Å². The quantitative estimate of drug-likeness (QED) is 0.560. The molecule has 0 aromatic heterocycles. The summed E-state index contributed by atoms with van der Waals surface area (Å²) in [6, 6.07) is 10.1. The fourth-order valence-electron chi connectivity index (χ4n) is 0.838. The van der Waals surface area contributed by atoms with Crippen LogP contribution in [0.4, 0.5) is 0 Å². The molecule has 1 unspecified atom stereocenters. The summed E-state index contributed by atoms with van der Waals surface area (Å²) in [4.78, 5) is 0. The van der Waals surface area contributed by atoms with Crippen LogP contribution in [0.15, 0.2) is 30.3 Å². The van der Waals surface area contributed by atoms with E-state index in [4.69, 9.17) is 6.42 Å². The van der Waals surface area contributed by atoms with Gasteiger partial charge in [-0.1, -0.05) is 71.4 Å². The second-order valence-corrected chi connectivity index (χ2v) is 2.30. The van der Waals surface area contributed by atoms with E-state index in [1.165, 1.54) is 5.56 Å². The molecule has 0 aliphatic heterocycles. The Bertz CT molecular complexity index is 228. The molecule has 1 atom stereocenters. The minimum Gasteiger partial charge on any atom is -0.119 e. The van der Waals surface area contributed by atoms with Crippen molar-refractivity contribution in [3.05, 3.63) is 35.9 Å². The summed E-state index contributed by atoms with van der Waals surface area (Å²) >= 11 is 0. The molecule has 15 heavy (non-hydrogen) atoms. The number of hydrogen-bond donors (Lipinski definition) is 0. The molecule has 0 heteroatoms. The lowest BCUT2D eigenvalue weighted by molar-refractivity contribution is 1.01. The first-order valence-electron chi connectivity index (χ1n) is 5.35. The number of rotatable bonds is 1. The lowest BCUT2D eigenvalue weighted by Gasteiger charge is -2.01. The van der Waals surface area contributed by atoms with Gasteiger partial charge in [-0.3, -0.25) is 0 Å². The van der Waals surface area contributed by atoms with Crippen LogP contribution in [0.25, 0.3) is 0 Å². The summed E-state index contributed by atoms with van der Waals surface area (Å²) in [6.07, 6.45) is 5.25. The van der Waals surface area contributed by atoms with Crippen molar-refractivity contribution in [2.75, 3.05) is 0 Å². The first-order chi connectivity index (χ1) is 6.84. The zero-order valence-electron chi connectivity index (χ0n) is 10.0. The highest BCUT2D eigenvalue weighted by Crippen LogP contribution is 2.11. The molecule has 1 aromatic rings. The Labute approximate surface area is 96.7 Å². The lowest BCUT2D eigenvalue weighted by atomic mass is 10.0. The molecule has 0 radical (unpaired) electrons. The van der Waals surface area contributed by atoms with E-state index in [0.717, 1.165) is 0 Å². The SMILES string of the molecule is C.C#CC(C)c1ccccc1.CC.CC. The molecule has 0 N–H and O–H groups in total. The van der Waals surface area contributed by atoms with Crippen LogP contribution in [0.3, 0.4) is 0 Å². The molecule has 0 fully saturated rings. The van der Waals surface area contributed by atoms with Gasteiger partial charge in [0.15, 0.2) is 0 Å². The van der Waals surface area contributed by atoms with Crippen molar-refractivity contribution in [3.63, 3.8) is 0 Å². The standard InChI is InChI=1S/C10H10.2C2H6.CH4/c1-3-9(2)10-7-5-4-6-8-10;2*1-2;/h1,4-9H,2H3;2*1-2H3;1H4. The first-order valence-corrected chi connectivity index (χ1v) is 5.35. The van der Waals surface area contributed by atoms with E-state index < -0.39 is 0 Å². The van der Waals surface area contributed by atoms with Crippen LogP contribution < -0.4 is 0 Å². The van der Waals surface area contributed by atoms with Crippen molar-refractivity contribution in [1.29, 1.82) is 0 Å². The highest BCUT2D eigenvalue weighted by atomic mass is 14.0. The maximum atomic E-state index is 5.25. The van der Waals surface area contributed by atoms with Gasteiger partial charge in [0, 0.05) is 5.92 Å². The van der Waals surface area contributed by atoms with Crippen molar-refractivity contribution < 1.29 is 0 Å². The van der Waals surface area contributed by atoms with E-state index in [-0.39, 0.29) is 13.3 Å².